The number of fused-ring (bicyclic) bond motifs is 1. The second-order valence-corrected chi connectivity index (χ2v) is 7.18. The number of hydrogen-bond donors (Lipinski definition) is 1. The minimum absolute atomic E-state index is 0.0639. The Hall–Kier alpha value is -3.35. The van der Waals surface area contributed by atoms with Gasteiger partial charge in [-0.15, -0.1) is 0 Å². The maximum atomic E-state index is 13.2. The van der Waals surface area contributed by atoms with Crippen LogP contribution in [0.5, 0.6) is 0 Å². The first kappa shape index (κ1) is 18.0. The average molecular weight is 379 g/mol. The molecule has 1 N–H and O–H groups in total. The van der Waals surface area contributed by atoms with E-state index in [0.717, 1.165) is 22.5 Å². The van der Waals surface area contributed by atoms with Crippen LogP contribution < -0.4 is 0 Å². The van der Waals surface area contributed by atoms with E-state index in [4.69, 9.17) is 4.52 Å². The number of aromatic nitrogens is 2. The largest absolute Gasteiger partial charge is 0.478 e. The first-order valence-corrected chi connectivity index (χ1v) is 9.12. The molecule has 7 nitrogen and oxygen atoms in total. The van der Waals surface area contributed by atoms with E-state index < -0.39 is 5.97 Å². The summed E-state index contributed by atoms with van der Waals surface area (Å²) in [6.45, 7) is 6.66. The molecule has 1 aromatic carbocycles. The molecule has 3 heterocycles. The van der Waals surface area contributed by atoms with Crippen LogP contribution >= 0.6 is 0 Å². The number of nitrogens with zero attached hydrogens (tertiary/aromatic N) is 3. The van der Waals surface area contributed by atoms with Crippen molar-refractivity contribution in [3.05, 3.63) is 69.7 Å². The predicted molar refractivity (Wildman–Crippen MR) is 102 cm³/mol. The molecule has 0 saturated heterocycles. The highest BCUT2D eigenvalue weighted by Crippen LogP contribution is 2.26. The Morgan fingerprint density at radius 3 is 2.57 bits per heavy atom. The average Bonchev–Trinajstić information content (AvgIpc) is 3.22. The summed E-state index contributed by atoms with van der Waals surface area (Å²) in [4.78, 5) is 26.2. The van der Waals surface area contributed by atoms with Crippen molar-refractivity contribution in [1.82, 2.24) is 14.6 Å². The molecule has 0 radical (unpaired) electrons. The molecule has 2 aromatic heterocycles. The number of hydrogen-bond acceptors (Lipinski definition) is 4. The zero-order valence-electron chi connectivity index (χ0n) is 16.0. The standard InChI is InChI=1S/C21H21N3O4/c1-12-8-18(14(3)24(12)19-9-13(2)28-22-19)20(25)23-7-6-15-4-5-16(21(26)27)10-17(15)11-23/h4-5,8-10H,6-7,11H2,1-3H3,(H,26,27). The van der Waals surface area contributed by atoms with E-state index in [9.17, 15) is 14.7 Å². The van der Waals surface area contributed by atoms with Crippen molar-refractivity contribution in [3.8, 4) is 5.82 Å². The van der Waals surface area contributed by atoms with Crippen molar-refractivity contribution in [2.75, 3.05) is 6.54 Å². The summed E-state index contributed by atoms with van der Waals surface area (Å²) in [5, 5.41) is 13.3. The molecule has 1 aliphatic heterocycles. The number of aryl methyl sites for hydroxylation is 2. The number of carbonyl (C=O) groups is 2. The Bertz CT molecular complexity index is 1090. The Labute approximate surface area is 162 Å². The summed E-state index contributed by atoms with van der Waals surface area (Å²) < 4.78 is 7.08. The van der Waals surface area contributed by atoms with Gasteiger partial charge in [-0.3, -0.25) is 9.36 Å². The minimum atomic E-state index is -0.960. The van der Waals surface area contributed by atoms with Gasteiger partial charge in [-0.25, -0.2) is 4.79 Å². The van der Waals surface area contributed by atoms with Crippen LogP contribution in [0.1, 0.15) is 49.0 Å². The van der Waals surface area contributed by atoms with E-state index in [1.165, 1.54) is 0 Å². The number of aromatic carboxylic acids is 1. The normalized spacial score (nSPS) is 13.5. The Morgan fingerprint density at radius 1 is 1.11 bits per heavy atom. The molecule has 0 spiro atoms. The van der Waals surface area contributed by atoms with Crippen molar-refractivity contribution in [2.24, 2.45) is 0 Å². The van der Waals surface area contributed by atoms with Crippen molar-refractivity contribution >= 4 is 11.9 Å². The Morgan fingerprint density at radius 2 is 1.89 bits per heavy atom. The first-order valence-electron chi connectivity index (χ1n) is 9.12. The van der Waals surface area contributed by atoms with Gasteiger partial charge in [0.2, 0.25) is 0 Å². The van der Waals surface area contributed by atoms with Crippen LogP contribution in [0, 0.1) is 20.8 Å². The van der Waals surface area contributed by atoms with E-state index in [-0.39, 0.29) is 11.5 Å². The van der Waals surface area contributed by atoms with Gasteiger partial charge in [-0.2, -0.15) is 0 Å². The third kappa shape index (κ3) is 2.98. The molecule has 4 rings (SSSR count). The van der Waals surface area contributed by atoms with Crippen molar-refractivity contribution in [2.45, 2.75) is 33.7 Å². The summed E-state index contributed by atoms with van der Waals surface area (Å²) in [5.74, 6) is 0.336. The Balaban J connectivity index is 1.64. The number of amides is 1. The lowest BCUT2D eigenvalue weighted by Gasteiger charge is -2.29. The molecule has 7 heteroatoms. The van der Waals surface area contributed by atoms with Crippen LogP contribution in [0.25, 0.3) is 5.82 Å². The van der Waals surface area contributed by atoms with Crippen LogP contribution in [-0.2, 0) is 13.0 Å². The fourth-order valence-electron chi connectivity index (χ4n) is 3.82. The molecule has 0 saturated carbocycles. The van der Waals surface area contributed by atoms with Gasteiger partial charge >= 0.3 is 5.97 Å². The van der Waals surface area contributed by atoms with Crippen LogP contribution in [0.3, 0.4) is 0 Å². The number of carbonyl (C=O) groups excluding carboxylic acids is 1. The number of carboxylic acids is 1. The lowest BCUT2D eigenvalue weighted by molar-refractivity contribution is 0.0696. The summed E-state index contributed by atoms with van der Waals surface area (Å²) in [6, 6.07) is 8.83. The summed E-state index contributed by atoms with van der Waals surface area (Å²) in [5.41, 5.74) is 4.56. The Kier molecular flexibility index (Phi) is 4.30. The van der Waals surface area contributed by atoms with Crippen molar-refractivity contribution in [1.29, 1.82) is 0 Å². The molecule has 0 bridgehead atoms. The van der Waals surface area contributed by atoms with Gasteiger partial charge in [-0.05, 0) is 56.5 Å². The lowest BCUT2D eigenvalue weighted by atomic mass is 9.97. The summed E-state index contributed by atoms with van der Waals surface area (Å²) in [7, 11) is 0. The molecule has 3 aromatic rings. The summed E-state index contributed by atoms with van der Waals surface area (Å²) in [6.07, 6.45) is 0.711. The molecule has 28 heavy (non-hydrogen) atoms. The van der Waals surface area contributed by atoms with Gasteiger partial charge in [0.25, 0.3) is 5.91 Å². The third-order valence-corrected chi connectivity index (χ3v) is 5.26. The second kappa shape index (κ2) is 6.67. The molecule has 0 atom stereocenters. The zero-order chi connectivity index (χ0) is 20.0. The van der Waals surface area contributed by atoms with Gasteiger partial charge in [0.1, 0.15) is 5.76 Å². The smallest absolute Gasteiger partial charge is 0.335 e. The van der Waals surface area contributed by atoms with Gasteiger partial charge in [0.15, 0.2) is 5.82 Å². The molecular weight excluding hydrogens is 358 g/mol. The predicted octanol–water partition coefficient (Wildman–Crippen LogP) is 3.29. The molecule has 0 fully saturated rings. The highest BCUT2D eigenvalue weighted by atomic mass is 16.5. The van der Waals surface area contributed by atoms with Crippen LogP contribution in [-0.4, -0.2) is 38.2 Å². The molecule has 0 unspecified atom stereocenters. The first-order chi connectivity index (χ1) is 13.3. The van der Waals surface area contributed by atoms with Gasteiger partial charge in [-0.1, -0.05) is 11.2 Å². The van der Waals surface area contributed by atoms with Gasteiger partial charge < -0.3 is 14.5 Å². The van der Waals surface area contributed by atoms with E-state index in [0.29, 0.717) is 36.7 Å². The zero-order valence-corrected chi connectivity index (χ0v) is 16.0. The SMILES string of the molecule is Cc1cc(-n2c(C)cc(C(=O)N3CCc4ccc(C(=O)O)cc4C3)c2C)no1. The quantitative estimate of drug-likeness (QED) is 0.754. The van der Waals surface area contributed by atoms with E-state index in [1.54, 1.807) is 17.0 Å². The molecule has 1 aliphatic rings. The monoisotopic (exact) mass is 379 g/mol. The molecule has 144 valence electrons. The second-order valence-electron chi connectivity index (χ2n) is 7.18. The topological polar surface area (TPSA) is 88.6 Å². The van der Waals surface area contributed by atoms with Crippen molar-refractivity contribution < 1.29 is 19.2 Å². The molecule has 1 amide bonds. The molecule has 0 aliphatic carbocycles. The number of carboxylic acid groups (broad SMARTS) is 1. The van der Waals surface area contributed by atoms with Crippen molar-refractivity contribution in [3.63, 3.8) is 0 Å². The highest BCUT2D eigenvalue weighted by Gasteiger charge is 2.26. The number of benzene rings is 1. The highest BCUT2D eigenvalue weighted by molar-refractivity contribution is 5.96. The lowest BCUT2D eigenvalue weighted by Crippen LogP contribution is -2.36. The summed E-state index contributed by atoms with van der Waals surface area (Å²) >= 11 is 0. The van der Waals surface area contributed by atoms with E-state index in [2.05, 4.69) is 5.16 Å². The fraction of sp³-hybridized carbons (Fsp3) is 0.286. The maximum absolute atomic E-state index is 13.2. The van der Waals surface area contributed by atoms with Gasteiger partial charge in [0.05, 0.1) is 11.1 Å². The fourth-order valence-corrected chi connectivity index (χ4v) is 3.82. The van der Waals surface area contributed by atoms with E-state index in [1.807, 2.05) is 43.5 Å². The van der Waals surface area contributed by atoms with Crippen LogP contribution in [0.4, 0.5) is 0 Å². The third-order valence-electron chi connectivity index (χ3n) is 5.26. The van der Waals surface area contributed by atoms with Crippen LogP contribution in [0.2, 0.25) is 0 Å². The van der Waals surface area contributed by atoms with Gasteiger partial charge in [0, 0.05) is 30.5 Å². The minimum Gasteiger partial charge on any atom is -0.478 e. The van der Waals surface area contributed by atoms with E-state index >= 15 is 0 Å². The maximum Gasteiger partial charge on any atom is 0.335 e. The number of rotatable bonds is 3. The van der Waals surface area contributed by atoms with Crippen LogP contribution in [0.15, 0.2) is 34.9 Å². The molecular formula is C21H21N3O4.